The summed E-state index contributed by atoms with van der Waals surface area (Å²) in [7, 11) is 0. The van der Waals surface area contributed by atoms with Crippen LogP contribution in [0.15, 0.2) is 46.9 Å². The molecule has 2 rings (SSSR count). The van der Waals surface area contributed by atoms with Gasteiger partial charge in [0.25, 0.3) is 11.6 Å². The highest BCUT2D eigenvalue weighted by Crippen LogP contribution is 2.19. The van der Waals surface area contributed by atoms with Crippen LogP contribution in [0.5, 0.6) is 0 Å². The van der Waals surface area contributed by atoms with Crippen molar-refractivity contribution in [3.8, 4) is 0 Å². The highest BCUT2D eigenvalue weighted by molar-refractivity contribution is 9.10. The fourth-order valence-corrected chi connectivity index (χ4v) is 2.20. The number of nitro benzene ring substituents is 1. The zero-order valence-corrected chi connectivity index (χ0v) is 12.5. The van der Waals surface area contributed by atoms with Gasteiger partial charge in [0.05, 0.1) is 10.5 Å². The lowest BCUT2D eigenvalue weighted by molar-refractivity contribution is -0.384. The normalized spacial score (nSPS) is 10.1. The first-order valence-electron chi connectivity index (χ1n) is 6.04. The van der Waals surface area contributed by atoms with Crippen LogP contribution in [0.2, 0.25) is 0 Å². The predicted molar refractivity (Wildman–Crippen MR) is 82.8 cm³/mol. The quantitative estimate of drug-likeness (QED) is 0.503. The van der Waals surface area contributed by atoms with E-state index in [1.807, 2.05) is 0 Å². The molecular formula is C14H12BrN3O3. The number of nitrogen functional groups attached to an aromatic ring is 1. The Morgan fingerprint density at radius 3 is 2.76 bits per heavy atom. The second-order valence-corrected chi connectivity index (χ2v) is 5.20. The molecule has 3 N–H and O–H groups in total. The van der Waals surface area contributed by atoms with Gasteiger partial charge in [-0.05, 0) is 39.7 Å². The summed E-state index contributed by atoms with van der Waals surface area (Å²) in [5, 5.41) is 13.4. The Morgan fingerprint density at radius 2 is 2.05 bits per heavy atom. The number of rotatable bonds is 4. The number of amides is 1. The summed E-state index contributed by atoms with van der Waals surface area (Å²) in [6.45, 7) is 0.196. The van der Waals surface area contributed by atoms with Gasteiger partial charge in [0.2, 0.25) is 0 Å². The molecule has 21 heavy (non-hydrogen) atoms. The van der Waals surface area contributed by atoms with Gasteiger partial charge in [0, 0.05) is 28.8 Å². The fraction of sp³-hybridized carbons (Fsp3) is 0.0714. The lowest BCUT2D eigenvalue weighted by atomic mass is 10.1. The molecule has 6 nitrogen and oxygen atoms in total. The molecule has 7 heteroatoms. The van der Waals surface area contributed by atoms with Gasteiger partial charge in [-0.2, -0.15) is 0 Å². The van der Waals surface area contributed by atoms with Crippen molar-refractivity contribution < 1.29 is 9.72 Å². The average molecular weight is 350 g/mol. The molecule has 0 bridgehead atoms. The Labute approximate surface area is 129 Å². The van der Waals surface area contributed by atoms with E-state index >= 15 is 0 Å². The second kappa shape index (κ2) is 6.36. The third-order valence-corrected chi connectivity index (χ3v) is 3.50. The number of nitrogens with one attached hydrogen (secondary N) is 1. The molecule has 0 aliphatic carbocycles. The maximum Gasteiger partial charge on any atom is 0.269 e. The molecule has 0 radical (unpaired) electrons. The van der Waals surface area contributed by atoms with Gasteiger partial charge in [-0.1, -0.05) is 12.1 Å². The number of halogens is 1. The summed E-state index contributed by atoms with van der Waals surface area (Å²) in [6.07, 6.45) is 0. The van der Waals surface area contributed by atoms with Crippen molar-refractivity contribution in [1.82, 2.24) is 5.32 Å². The standard InChI is InChI=1S/C14H12BrN3O3/c15-13-5-4-10(16)7-12(13)14(19)17-8-9-2-1-3-11(6-9)18(20)21/h1-7H,8,16H2,(H,17,19). The highest BCUT2D eigenvalue weighted by Gasteiger charge is 2.11. The Morgan fingerprint density at radius 1 is 1.29 bits per heavy atom. The van der Waals surface area contributed by atoms with Crippen LogP contribution in [-0.4, -0.2) is 10.8 Å². The van der Waals surface area contributed by atoms with Gasteiger partial charge in [0.15, 0.2) is 0 Å². The maximum atomic E-state index is 12.1. The van der Waals surface area contributed by atoms with E-state index in [1.165, 1.54) is 12.1 Å². The molecule has 0 aliphatic rings. The highest BCUT2D eigenvalue weighted by atomic mass is 79.9. The number of nitro groups is 1. The van der Waals surface area contributed by atoms with Gasteiger partial charge in [-0.3, -0.25) is 14.9 Å². The van der Waals surface area contributed by atoms with E-state index in [2.05, 4.69) is 21.2 Å². The number of anilines is 1. The number of hydrogen-bond donors (Lipinski definition) is 2. The lowest BCUT2D eigenvalue weighted by Crippen LogP contribution is -2.23. The third kappa shape index (κ3) is 3.79. The minimum atomic E-state index is -0.472. The molecule has 0 saturated heterocycles. The van der Waals surface area contributed by atoms with Crippen molar-refractivity contribution in [3.05, 3.63) is 68.2 Å². The summed E-state index contributed by atoms with van der Waals surface area (Å²) in [6, 6.07) is 11.1. The van der Waals surface area contributed by atoms with Crippen LogP contribution in [0.3, 0.4) is 0 Å². The number of nitrogens with two attached hydrogens (primary N) is 1. The summed E-state index contributed by atoms with van der Waals surface area (Å²) in [5.41, 5.74) is 7.19. The Hall–Kier alpha value is -2.41. The van der Waals surface area contributed by atoms with E-state index in [0.29, 0.717) is 21.3 Å². The molecule has 0 aromatic heterocycles. The van der Waals surface area contributed by atoms with Gasteiger partial charge in [-0.25, -0.2) is 0 Å². The Kier molecular flexibility index (Phi) is 4.54. The van der Waals surface area contributed by atoms with Gasteiger partial charge < -0.3 is 11.1 Å². The van der Waals surface area contributed by atoms with Crippen LogP contribution in [-0.2, 0) is 6.54 Å². The molecule has 108 valence electrons. The minimum absolute atomic E-state index is 0.00751. The van der Waals surface area contributed by atoms with Gasteiger partial charge in [0.1, 0.15) is 0 Å². The predicted octanol–water partition coefficient (Wildman–Crippen LogP) is 2.87. The summed E-state index contributed by atoms with van der Waals surface area (Å²) in [4.78, 5) is 22.3. The van der Waals surface area contributed by atoms with E-state index in [0.717, 1.165) is 0 Å². The lowest BCUT2D eigenvalue weighted by Gasteiger charge is -2.08. The maximum absolute atomic E-state index is 12.1. The van der Waals surface area contributed by atoms with E-state index in [4.69, 9.17) is 5.73 Å². The number of hydrogen-bond acceptors (Lipinski definition) is 4. The molecule has 0 atom stereocenters. The smallest absolute Gasteiger partial charge is 0.269 e. The van der Waals surface area contributed by atoms with Crippen molar-refractivity contribution in [1.29, 1.82) is 0 Å². The molecule has 0 spiro atoms. The van der Waals surface area contributed by atoms with Crippen molar-refractivity contribution in [2.75, 3.05) is 5.73 Å². The van der Waals surface area contributed by atoms with Crippen molar-refractivity contribution in [2.24, 2.45) is 0 Å². The number of benzene rings is 2. The monoisotopic (exact) mass is 349 g/mol. The van der Waals surface area contributed by atoms with Crippen LogP contribution in [0.25, 0.3) is 0 Å². The zero-order chi connectivity index (χ0) is 15.4. The van der Waals surface area contributed by atoms with Crippen molar-refractivity contribution >= 4 is 33.2 Å². The van der Waals surface area contributed by atoms with Crippen LogP contribution in [0.4, 0.5) is 11.4 Å². The molecule has 0 fully saturated rings. The zero-order valence-electron chi connectivity index (χ0n) is 10.9. The van der Waals surface area contributed by atoms with E-state index in [9.17, 15) is 14.9 Å². The second-order valence-electron chi connectivity index (χ2n) is 4.35. The molecule has 0 unspecified atom stereocenters. The van der Waals surface area contributed by atoms with Crippen LogP contribution >= 0.6 is 15.9 Å². The first-order chi connectivity index (χ1) is 9.97. The number of carbonyl (C=O) groups excluding carboxylic acids is 1. The minimum Gasteiger partial charge on any atom is -0.399 e. The van der Waals surface area contributed by atoms with E-state index < -0.39 is 4.92 Å². The molecule has 2 aromatic carbocycles. The van der Waals surface area contributed by atoms with Crippen LogP contribution in [0, 0.1) is 10.1 Å². The van der Waals surface area contributed by atoms with Crippen molar-refractivity contribution in [2.45, 2.75) is 6.54 Å². The number of carbonyl (C=O) groups is 1. The summed E-state index contributed by atoms with van der Waals surface area (Å²) >= 11 is 3.28. The van der Waals surface area contributed by atoms with Gasteiger partial charge >= 0.3 is 0 Å². The van der Waals surface area contributed by atoms with E-state index in [1.54, 1.807) is 30.3 Å². The van der Waals surface area contributed by atoms with Crippen LogP contribution in [0.1, 0.15) is 15.9 Å². The molecule has 2 aromatic rings. The van der Waals surface area contributed by atoms with E-state index in [-0.39, 0.29) is 18.1 Å². The average Bonchev–Trinajstić information content (AvgIpc) is 2.47. The Bertz CT molecular complexity index is 704. The molecule has 0 aliphatic heterocycles. The van der Waals surface area contributed by atoms with Crippen molar-refractivity contribution in [3.63, 3.8) is 0 Å². The number of non-ortho nitro benzene ring substituents is 1. The van der Waals surface area contributed by atoms with Gasteiger partial charge in [-0.15, -0.1) is 0 Å². The fourth-order valence-electron chi connectivity index (χ4n) is 1.77. The molecule has 0 heterocycles. The molecule has 1 amide bonds. The SMILES string of the molecule is Nc1ccc(Br)c(C(=O)NCc2cccc([N+](=O)[O-])c2)c1. The Balaban J connectivity index is 2.09. The van der Waals surface area contributed by atoms with Crippen LogP contribution < -0.4 is 11.1 Å². The summed E-state index contributed by atoms with van der Waals surface area (Å²) < 4.78 is 0.633. The molecular weight excluding hydrogens is 338 g/mol. The number of nitrogens with zero attached hydrogens (tertiary/aromatic N) is 1. The molecule has 0 saturated carbocycles. The topological polar surface area (TPSA) is 98.3 Å². The summed E-state index contributed by atoms with van der Waals surface area (Å²) in [5.74, 6) is -0.305. The third-order valence-electron chi connectivity index (χ3n) is 2.81. The first-order valence-corrected chi connectivity index (χ1v) is 6.83. The largest absolute Gasteiger partial charge is 0.399 e. The first kappa shape index (κ1) is 15.0.